The molecule has 3 nitrogen and oxygen atoms in total. The third kappa shape index (κ3) is 2.56. The van der Waals surface area contributed by atoms with Gasteiger partial charge in [-0.1, -0.05) is 13.8 Å². The van der Waals surface area contributed by atoms with Gasteiger partial charge in [0.15, 0.2) is 0 Å². The lowest BCUT2D eigenvalue weighted by atomic mass is 10.0. The number of hydrogen-bond donors (Lipinski definition) is 2. The summed E-state index contributed by atoms with van der Waals surface area (Å²) in [6, 6.07) is 0. The first kappa shape index (κ1) is 10.3. The van der Waals surface area contributed by atoms with Crippen molar-refractivity contribution < 1.29 is 0 Å². The Balaban J connectivity index is 2.66. The largest absolute Gasteiger partial charge is 0.346 e. The van der Waals surface area contributed by atoms with E-state index in [9.17, 15) is 0 Å². The first-order valence-electron chi connectivity index (χ1n) is 5.05. The summed E-state index contributed by atoms with van der Waals surface area (Å²) >= 11 is 0. The second-order valence-electron chi connectivity index (χ2n) is 3.35. The maximum Gasteiger partial charge on any atom is 0.109 e. The van der Waals surface area contributed by atoms with Gasteiger partial charge in [-0.2, -0.15) is 0 Å². The van der Waals surface area contributed by atoms with Gasteiger partial charge in [0.1, 0.15) is 5.82 Å². The van der Waals surface area contributed by atoms with Crippen molar-refractivity contribution >= 4 is 0 Å². The fraction of sp³-hybridized carbons (Fsp3) is 0.700. The summed E-state index contributed by atoms with van der Waals surface area (Å²) in [4.78, 5) is 7.69. The number of imidazole rings is 1. The predicted molar refractivity (Wildman–Crippen MR) is 54.7 cm³/mol. The smallest absolute Gasteiger partial charge is 0.109 e. The van der Waals surface area contributed by atoms with Crippen molar-refractivity contribution in [2.45, 2.75) is 39.0 Å². The van der Waals surface area contributed by atoms with Gasteiger partial charge in [0, 0.05) is 24.2 Å². The van der Waals surface area contributed by atoms with Crippen LogP contribution in [0.15, 0.2) is 6.20 Å². The van der Waals surface area contributed by atoms with Gasteiger partial charge in [0.2, 0.25) is 0 Å². The van der Waals surface area contributed by atoms with Crippen LogP contribution in [0.3, 0.4) is 0 Å². The topological polar surface area (TPSA) is 54.7 Å². The van der Waals surface area contributed by atoms with Crippen molar-refractivity contribution in [1.82, 2.24) is 9.97 Å². The van der Waals surface area contributed by atoms with Crippen LogP contribution in [0.2, 0.25) is 0 Å². The zero-order valence-corrected chi connectivity index (χ0v) is 8.51. The molecule has 13 heavy (non-hydrogen) atoms. The second kappa shape index (κ2) is 5.02. The van der Waals surface area contributed by atoms with Crippen molar-refractivity contribution in [1.29, 1.82) is 0 Å². The van der Waals surface area contributed by atoms with Crippen LogP contribution in [-0.4, -0.2) is 16.5 Å². The van der Waals surface area contributed by atoms with Crippen LogP contribution < -0.4 is 5.73 Å². The van der Waals surface area contributed by atoms with Crippen LogP contribution in [-0.2, 0) is 6.42 Å². The van der Waals surface area contributed by atoms with Gasteiger partial charge in [-0.15, -0.1) is 0 Å². The van der Waals surface area contributed by atoms with E-state index in [1.807, 2.05) is 6.20 Å². The number of nitrogens with one attached hydrogen (secondary N) is 1. The molecular weight excluding hydrogens is 162 g/mol. The molecule has 0 unspecified atom stereocenters. The summed E-state index contributed by atoms with van der Waals surface area (Å²) in [7, 11) is 0. The summed E-state index contributed by atoms with van der Waals surface area (Å²) in [6.07, 6.45) is 5.09. The number of hydrogen-bond acceptors (Lipinski definition) is 2. The van der Waals surface area contributed by atoms with Crippen LogP contribution in [0.25, 0.3) is 0 Å². The highest BCUT2D eigenvalue weighted by Crippen LogP contribution is 2.19. The lowest BCUT2D eigenvalue weighted by molar-refractivity contribution is 0.607. The van der Waals surface area contributed by atoms with E-state index in [0.29, 0.717) is 12.5 Å². The molecule has 0 saturated heterocycles. The fourth-order valence-corrected chi connectivity index (χ4v) is 1.54. The van der Waals surface area contributed by atoms with E-state index in [2.05, 4.69) is 23.8 Å². The Bertz CT molecular complexity index is 238. The van der Waals surface area contributed by atoms with Crippen molar-refractivity contribution in [2.75, 3.05) is 6.54 Å². The van der Waals surface area contributed by atoms with Crippen molar-refractivity contribution in [2.24, 2.45) is 5.73 Å². The summed E-state index contributed by atoms with van der Waals surface area (Å²) in [6.45, 7) is 5.07. The Kier molecular flexibility index (Phi) is 3.96. The van der Waals surface area contributed by atoms with Gasteiger partial charge >= 0.3 is 0 Å². The molecule has 0 atom stereocenters. The molecule has 0 aliphatic rings. The average molecular weight is 181 g/mol. The third-order valence-electron chi connectivity index (χ3n) is 2.43. The second-order valence-corrected chi connectivity index (χ2v) is 3.35. The number of nitrogens with zero attached hydrogens (tertiary/aromatic N) is 1. The summed E-state index contributed by atoms with van der Waals surface area (Å²) in [5, 5.41) is 0. The predicted octanol–water partition coefficient (Wildman–Crippen LogP) is 1.81. The lowest BCUT2D eigenvalue weighted by Gasteiger charge is -2.07. The molecule has 0 bridgehead atoms. The average Bonchev–Trinajstić information content (AvgIpc) is 2.56. The van der Waals surface area contributed by atoms with Crippen molar-refractivity contribution in [3.8, 4) is 0 Å². The molecule has 0 saturated carbocycles. The van der Waals surface area contributed by atoms with E-state index in [4.69, 9.17) is 5.73 Å². The first-order chi connectivity index (χ1) is 6.31. The summed E-state index contributed by atoms with van der Waals surface area (Å²) in [5.74, 6) is 1.69. The van der Waals surface area contributed by atoms with Crippen LogP contribution >= 0.6 is 0 Å². The molecule has 1 aromatic heterocycles. The molecular formula is C10H19N3. The molecule has 0 radical (unpaired) electrons. The highest BCUT2D eigenvalue weighted by Gasteiger charge is 2.09. The maximum absolute atomic E-state index is 5.46. The van der Waals surface area contributed by atoms with Gasteiger partial charge in [-0.25, -0.2) is 4.98 Å². The van der Waals surface area contributed by atoms with Crippen molar-refractivity contribution in [3.05, 3.63) is 17.7 Å². The van der Waals surface area contributed by atoms with E-state index < -0.39 is 0 Å². The lowest BCUT2D eigenvalue weighted by Crippen LogP contribution is -2.03. The summed E-state index contributed by atoms with van der Waals surface area (Å²) in [5.41, 5.74) is 6.62. The molecule has 0 fully saturated rings. The van der Waals surface area contributed by atoms with Crippen molar-refractivity contribution in [3.63, 3.8) is 0 Å². The molecule has 0 aromatic carbocycles. The number of aromatic amines is 1. The SMILES string of the molecule is CCC(CC)c1ncc(CCN)[nH]1. The molecule has 0 aliphatic carbocycles. The highest BCUT2D eigenvalue weighted by molar-refractivity contribution is 5.05. The standard InChI is InChI=1S/C10H19N3/c1-3-8(4-2)10-12-7-9(13-10)5-6-11/h7-8H,3-6,11H2,1-2H3,(H,12,13). The fourth-order valence-electron chi connectivity index (χ4n) is 1.54. The van der Waals surface area contributed by atoms with Gasteiger partial charge in [0.25, 0.3) is 0 Å². The minimum Gasteiger partial charge on any atom is -0.346 e. The molecule has 74 valence electrons. The van der Waals surface area contributed by atoms with Gasteiger partial charge in [0.05, 0.1) is 0 Å². The van der Waals surface area contributed by atoms with E-state index in [-0.39, 0.29) is 0 Å². The molecule has 0 amide bonds. The minimum absolute atomic E-state index is 0.575. The molecule has 3 N–H and O–H groups in total. The normalized spacial score (nSPS) is 11.1. The quantitative estimate of drug-likeness (QED) is 0.728. The number of aromatic nitrogens is 2. The number of nitrogens with two attached hydrogens (primary N) is 1. The van der Waals surface area contributed by atoms with Crippen LogP contribution in [0.5, 0.6) is 0 Å². The van der Waals surface area contributed by atoms with E-state index in [0.717, 1.165) is 30.8 Å². The zero-order valence-electron chi connectivity index (χ0n) is 8.51. The molecule has 0 spiro atoms. The molecule has 3 heteroatoms. The van der Waals surface area contributed by atoms with E-state index >= 15 is 0 Å². The van der Waals surface area contributed by atoms with Gasteiger partial charge < -0.3 is 10.7 Å². The van der Waals surface area contributed by atoms with Gasteiger partial charge in [-0.3, -0.25) is 0 Å². The van der Waals surface area contributed by atoms with E-state index in [1.54, 1.807) is 0 Å². The highest BCUT2D eigenvalue weighted by atomic mass is 14.9. The Morgan fingerprint density at radius 3 is 2.69 bits per heavy atom. The Labute approximate surface area is 79.8 Å². The monoisotopic (exact) mass is 181 g/mol. The van der Waals surface area contributed by atoms with E-state index in [1.165, 1.54) is 0 Å². The number of rotatable bonds is 5. The Morgan fingerprint density at radius 2 is 2.15 bits per heavy atom. The Hall–Kier alpha value is -0.830. The summed E-state index contributed by atoms with van der Waals surface area (Å²) < 4.78 is 0. The van der Waals surface area contributed by atoms with Gasteiger partial charge in [-0.05, 0) is 19.4 Å². The first-order valence-corrected chi connectivity index (χ1v) is 5.05. The molecule has 1 rings (SSSR count). The van der Waals surface area contributed by atoms with Crippen LogP contribution in [0.4, 0.5) is 0 Å². The van der Waals surface area contributed by atoms with Crippen LogP contribution in [0, 0.1) is 0 Å². The molecule has 1 heterocycles. The number of H-pyrrole nitrogens is 1. The third-order valence-corrected chi connectivity index (χ3v) is 2.43. The molecule has 0 aliphatic heterocycles. The van der Waals surface area contributed by atoms with Crippen LogP contribution in [0.1, 0.15) is 44.1 Å². The zero-order chi connectivity index (χ0) is 9.68. The minimum atomic E-state index is 0.575. The maximum atomic E-state index is 5.46. The Morgan fingerprint density at radius 1 is 1.46 bits per heavy atom. The molecule has 1 aromatic rings.